The van der Waals surface area contributed by atoms with Crippen molar-refractivity contribution in [2.24, 2.45) is 0 Å². The fourth-order valence-corrected chi connectivity index (χ4v) is 0.699. The molecule has 0 saturated carbocycles. The average molecular weight is 232 g/mol. The fourth-order valence-electron chi connectivity index (χ4n) is 0.699. The lowest BCUT2D eigenvalue weighted by atomic mass is 10.4. The van der Waals surface area contributed by atoms with Crippen molar-refractivity contribution in [1.82, 2.24) is 0 Å². The molecule has 0 aromatic heterocycles. The zero-order valence-corrected chi connectivity index (χ0v) is 9.49. The highest BCUT2D eigenvalue weighted by molar-refractivity contribution is 5.91. The quantitative estimate of drug-likeness (QED) is 0.366. The minimum absolute atomic E-state index is 0.204. The van der Waals surface area contributed by atoms with Gasteiger partial charge in [0.25, 0.3) is 0 Å². The molecule has 0 aromatic rings. The predicted octanol–water partition coefficient (Wildman–Crippen LogP) is 0.784. The van der Waals surface area contributed by atoms with E-state index in [1.54, 1.807) is 6.92 Å². The fraction of sp³-hybridized carbons (Fsp3) is 0.700. The van der Waals surface area contributed by atoms with Crippen molar-refractivity contribution in [2.75, 3.05) is 13.4 Å². The van der Waals surface area contributed by atoms with E-state index >= 15 is 0 Å². The Balaban J connectivity index is 3.58. The van der Waals surface area contributed by atoms with E-state index in [0.29, 0.717) is 6.42 Å². The van der Waals surface area contributed by atoms with Crippen LogP contribution in [0.4, 0.5) is 0 Å². The highest BCUT2D eigenvalue weighted by Crippen LogP contribution is 1.93. The summed E-state index contributed by atoms with van der Waals surface area (Å²) < 4.78 is 13.6. The first-order valence-corrected chi connectivity index (χ1v) is 5.07. The summed E-state index contributed by atoms with van der Waals surface area (Å²) in [5.41, 5.74) is 0. The van der Waals surface area contributed by atoms with E-state index < -0.39 is 31.1 Å². The second-order valence-electron chi connectivity index (χ2n) is 2.90. The van der Waals surface area contributed by atoms with E-state index in [9.17, 15) is 14.4 Å². The highest BCUT2D eigenvalue weighted by Gasteiger charge is 2.12. The summed E-state index contributed by atoms with van der Waals surface area (Å²) in [5.74, 6) is -1.89. The summed E-state index contributed by atoms with van der Waals surface area (Å²) in [4.78, 5) is 32.6. The molecule has 6 heteroatoms. The first-order valence-electron chi connectivity index (χ1n) is 5.07. The number of esters is 3. The molecule has 0 spiro atoms. The number of rotatable bonds is 7. The average Bonchev–Trinajstić information content (AvgIpc) is 2.25. The third kappa shape index (κ3) is 7.78. The van der Waals surface area contributed by atoms with Crippen LogP contribution in [0, 0.1) is 0 Å². The lowest BCUT2D eigenvalue weighted by Crippen LogP contribution is -2.17. The van der Waals surface area contributed by atoms with Crippen molar-refractivity contribution in [2.45, 2.75) is 33.1 Å². The first-order chi connectivity index (χ1) is 7.60. The summed E-state index contributed by atoms with van der Waals surface area (Å²) in [6.07, 6.45) is 0.425. The van der Waals surface area contributed by atoms with E-state index in [1.165, 1.54) is 0 Å². The predicted molar refractivity (Wildman–Crippen MR) is 53.2 cm³/mol. The molecule has 0 fully saturated rings. The number of hydrogen-bond acceptors (Lipinski definition) is 6. The van der Waals surface area contributed by atoms with Gasteiger partial charge in [-0.3, -0.25) is 14.4 Å². The molecule has 0 heterocycles. The molecule has 0 aliphatic carbocycles. The van der Waals surface area contributed by atoms with Gasteiger partial charge < -0.3 is 14.2 Å². The zero-order valence-electron chi connectivity index (χ0n) is 9.49. The van der Waals surface area contributed by atoms with E-state index in [4.69, 9.17) is 0 Å². The number of carbonyl (C=O) groups is 3. The van der Waals surface area contributed by atoms with Crippen molar-refractivity contribution in [3.63, 3.8) is 0 Å². The van der Waals surface area contributed by atoms with Crippen LogP contribution in [-0.4, -0.2) is 31.3 Å². The Hall–Kier alpha value is -1.59. The second-order valence-corrected chi connectivity index (χ2v) is 2.90. The smallest absolute Gasteiger partial charge is 0.320 e. The van der Waals surface area contributed by atoms with Crippen LogP contribution in [0.1, 0.15) is 33.1 Å². The molecule has 0 aromatic carbocycles. The lowest BCUT2D eigenvalue weighted by molar-refractivity contribution is -0.169. The Morgan fingerprint density at radius 2 is 1.44 bits per heavy atom. The molecule has 6 nitrogen and oxygen atoms in total. The monoisotopic (exact) mass is 232 g/mol. The Morgan fingerprint density at radius 3 is 2.00 bits per heavy atom. The topological polar surface area (TPSA) is 78.9 Å². The third-order valence-corrected chi connectivity index (χ3v) is 1.48. The molecule has 92 valence electrons. The summed E-state index contributed by atoms with van der Waals surface area (Å²) in [7, 11) is 0. The van der Waals surface area contributed by atoms with Crippen LogP contribution < -0.4 is 0 Å². The number of hydrogen-bond donors (Lipinski definition) is 0. The standard InChI is InChI=1S/C10H16O6/c1-3-5-14-9(12)6-10(13)16-7-15-8(11)4-2/h3-7H2,1-2H3. The molecule has 0 atom stereocenters. The molecule has 0 saturated heterocycles. The van der Waals surface area contributed by atoms with Crippen LogP contribution in [0.5, 0.6) is 0 Å². The third-order valence-electron chi connectivity index (χ3n) is 1.48. The Labute approximate surface area is 93.8 Å². The van der Waals surface area contributed by atoms with Gasteiger partial charge in [-0.1, -0.05) is 13.8 Å². The van der Waals surface area contributed by atoms with Crippen molar-refractivity contribution in [3.05, 3.63) is 0 Å². The number of carbonyl (C=O) groups excluding carboxylic acids is 3. The molecular formula is C10H16O6. The molecule has 0 radical (unpaired) electrons. The van der Waals surface area contributed by atoms with Crippen LogP contribution in [0.2, 0.25) is 0 Å². The maximum Gasteiger partial charge on any atom is 0.320 e. The van der Waals surface area contributed by atoms with Gasteiger partial charge in [0.2, 0.25) is 6.79 Å². The van der Waals surface area contributed by atoms with Gasteiger partial charge in [-0.25, -0.2) is 0 Å². The van der Waals surface area contributed by atoms with Gasteiger partial charge in [0, 0.05) is 6.42 Å². The van der Waals surface area contributed by atoms with Crippen molar-refractivity contribution in [1.29, 1.82) is 0 Å². The minimum atomic E-state index is -0.773. The van der Waals surface area contributed by atoms with Crippen molar-refractivity contribution in [3.8, 4) is 0 Å². The van der Waals surface area contributed by atoms with E-state index in [0.717, 1.165) is 0 Å². The van der Waals surface area contributed by atoms with Crippen LogP contribution in [0.3, 0.4) is 0 Å². The zero-order chi connectivity index (χ0) is 12.4. The lowest BCUT2D eigenvalue weighted by Gasteiger charge is -2.05. The van der Waals surface area contributed by atoms with Gasteiger partial charge in [0.05, 0.1) is 6.61 Å². The Morgan fingerprint density at radius 1 is 0.875 bits per heavy atom. The Bertz CT molecular complexity index is 248. The van der Waals surface area contributed by atoms with Gasteiger partial charge in [-0.15, -0.1) is 0 Å². The minimum Gasteiger partial charge on any atom is -0.465 e. The summed E-state index contributed by atoms with van der Waals surface area (Å²) >= 11 is 0. The Kier molecular flexibility index (Phi) is 7.83. The van der Waals surface area contributed by atoms with Crippen molar-refractivity contribution < 1.29 is 28.6 Å². The molecule has 0 aliphatic rings. The highest BCUT2D eigenvalue weighted by atomic mass is 16.7. The van der Waals surface area contributed by atoms with Crippen molar-refractivity contribution >= 4 is 17.9 Å². The van der Waals surface area contributed by atoms with Gasteiger partial charge >= 0.3 is 17.9 Å². The van der Waals surface area contributed by atoms with Gasteiger partial charge in [-0.2, -0.15) is 0 Å². The first kappa shape index (κ1) is 14.4. The maximum atomic E-state index is 11.0. The maximum absolute atomic E-state index is 11.0. The molecule has 0 aliphatic heterocycles. The number of ether oxygens (including phenoxy) is 3. The van der Waals surface area contributed by atoms with Crippen LogP contribution in [-0.2, 0) is 28.6 Å². The van der Waals surface area contributed by atoms with Crippen LogP contribution in [0.15, 0.2) is 0 Å². The van der Waals surface area contributed by atoms with E-state index in [1.807, 2.05) is 6.92 Å². The molecule has 0 unspecified atom stereocenters. The molecule has 0 amide bonds. The van der Waals surface area contributed by atoms with Crippen LogP contribution >= 0.6 is 0 Å². The van der Waals surface area contributed by atoms with Crippen LogP contribution in [0.25, 0.3) is 0 Å². The normalized spacial score (nSPS) is 9.38. The summed E-state index contributed by atoms with van der Waals surface area (Å²) in [5, 5.41) is 0. The molecule has 0 rings (SSSR count). The molecule has 0 N–H and O–H groups in total. The summed E-state index contributed by atoms with van der Waals surface area (Å²) in [6.45, 7) is 3.27. The van der Waals surface area contributed by atoms with E-state index in [2.05, 4.69) is 14.2 Å². The molecule has 16 heavy (non-hydrogen) atoms. The van der Waals surface area contributed by atoms with E-state index in [-0.39, 0.29) is 13.0 Å². The SMILES string of the molecule is CCCOC(=O)CC(=O)OCOC(=O)CC. The van der Waals surface area contributed by atoms with Gasteiger partial charge in [0.15, 0.2) is 0 Å². The summed E-state index contributed by atoms with van der Waals surface area (Å²) in [6, 6.07) is 0. The molecular weight excluding hydrogens is 216 g/mol. The van der Waals surface area contributed by atoms with Gasteiger partial charge in [0.1, 0.15) is 6.42 Å². The second kappa shape index (κ2) is 8.70. The molecule has 0 bridgehead atoms. The largest absolute Gasteiger partial charge is 0.465 e. The van der Waals surface area contributed by atoms with Gasteiger partial charge in [-0.05, 0) is 6.42 Å².